The van der Waals surface area contributed by atoms with Gasteiger partial charge in [-0.25, -0.2) is 8.78 Å². The molecule has 0 aliphatic rings. The van der Waals surface area contributed by atoms with Crippen LogP contribution >= 0.6 is 0 Å². The van der Waals surface area contributed by atoms with Crippen molar-refractivity contribution in [3.63, 3.8) is 0 Å². The van der Waals surface area contributed by atoms with E-state index in [1.165, 1.54) is 22.8 Å². The van der Waals surface area contributed by atoms with Crippen molar-refractivity contribution >= 4 is 0 Å². The minimum absolute atomic E-state index is 0.233. The number of hydrogen-bond donors (Lipinski definition) is 0. The van der Waals surface area contributed by atoms with E-state index in [0.29, 0.717) is 0 Å². The van der Waals surface area contributed by atoms with Gasteiger partial charge in [-0.3, -0.25) is 4.79 Å². The van der Waals surface area contributed by atoms with Crippen molar-refractivity contribution in [1.82, 2.24) is 4.57 Å². The summed E-state index contributed by atoms with van der Waals surface area (Å²) in [5, 5.41) is 0. The highest BCUT2D eigenvalue weighted by Gasteiger charge is 2.00. The standard InChI is InChI=1S/C12H9F2NO/c13-10-3-1-9(2-4-10)7-15-8-11(14)5-6-12(15)16/h1-6,8H,7H2. The average Bonchev–Trinajstić information content (AvgIpc) is 2.27. The molecule has 82 valence electrons. The largest absolute Gasteiger partial charge is 0.308 e. The predicted molar refractivity (Wildman–Crippen MR) is 56.2 cm³/mol. The van der Waals surface area contributed by atoms with Crippen molar-refractivity contribution in [2.75, 3.05) is 0 Å². The van der Waals surface area contributed by atoms with Crippen LogP contribution in [0.3, 0.4) is 0 Å². The summed E-state index contributed by atoms with van der Waals surface area (Å²) < 4.78 is 26.8. The fourth-order valence-electron chi connectivity index (χ4n) is 1.41. The van der Waals surface area contributed by atoms with Gasteiger partial charge in [-0.1, -0.05) is 12.1 Å². The van der Waals surface area contributed by atoms with Gasteiger partial charge >= 0.3 is 0 Å². The summed E-state index contributed by atoms with van der Waals surface area (Å²) >= 11 is 0. The van der Waals surface area contributed by atoms with Gasteiger partial charge in [0.1, 0.15) is 11.6 Å². The quantitative estimate of drug-likeness (QED) is 0.761. The highest BCUT2D eigenvalue weighted by Crippen LogP contribution is 2.04. The topological polar surface area (TPSA) is 22.0 Å². The Hall–Kier alpha value is -1.97. The lowest BCUT2D eigenvalue weighted by atomic mass is 10.2. The van der Waals surface area contributed by atoms with Crippen molar-refractivity contribution in [2.45, 2.75) is 6.54 Å². The molecule has 0 aliphatic carbocycles. The maximum Gasteiger partial charge on any atom is 0.251 e. The van der Waals surface area contributed by atoms with Crippen LogP contribution in [-0.4, -0.2) is 4.57 Å². The average molecular weight is 221 g/mol. The molecule has 1 heterocycles. The minimum atomic E-state index is -0.471. The third-order valence-electron chi connectivity index (χ3n) is 2.21. The molecule has 0 aliphatic heterocycles. The summed E-state index contributed by atoms with van der Waals surface area (Å²) in [7, 11) is 0. The maximum atomic E-state index is 12.9. The van der Waals surface area contributed by atoms with E-state index in [1.807, 2.05) is 0 Å². The zero-order valence-electron chi connectivity index (χ0n) is 8.36. The molecule has 2 rings (SSSR count). The Morgan fingerprint density at radius 3 is 2.25 bits per heavy atom. The lowest BCUT2D eigenvalue weighted by molar-refractivity contribution is 0.594. The lowest BCUT2D eigenvalue weighted by Gasteiger charge is -2.05. The second-order valence-electron chi connectivity index (χ2n) is 3.44. The summed E-state index contributed by atoms with van der Waals surface area (Å²) in [5.74, 6) is -0.808. The van der Waals surface area contributed by atoms with Gasteiger partial charge in [0.2, 0.25) is 0 Å². The van der Waals surface area contributed by atoms with Crippen molar-refractivity contribution < 1.29 is 8.78 Å². The van der Waals surface area contributed by atoms with E-state index < -0.39 is 5.82 Å². The highest BCUT2D eigenvalue weighted by molar-refractivity contribution is 5.16. The second-order valence-corrected chi connectivity index (χ2v) is 3.44. The van der Waals surface area contributed by atoms with Crippen LogP contribution in [0.25, 0.3) is 0 Å². The Morgan fingerprint density at radius 1 is 0.938 bits per heavy atom. The fraction of sp³-hybridized carbons (Fsp3) is 0.0833. The van der Waals surface area contributed by atoms with E-state index in [-0.39, 0.29) is 17.9 Å². The number of rotatable bonds is 2. The smallest absolute Gasteiger partial charge is 0.251 e. The normalized spacial score (nSPS) is 10.4. The Labute approximate surface area is 90.8 Å². The Bertz CT molecular complexity index is 546. The van der Waals surface area contributed by atoms with E-state index in [4.69, 9.17) is 0 Å². The lowest BCUT2D eigenvalue weighted by Crippen LogP contribution is -2.19. The number of benzene rings is 1. The Kier molecular flexibility index (Phi) is 2.81. The summed E-state index contributed by atoms with van der Waals surface area (Å²) in [6.45, 7) is 0.233. The number of halogens is 2. The monoisotopic (exact) mass is 221 g/mol. The van der Waals surface area contributed by atoms with Crippen LogP contribution in [0.1, 0.15) is 5.56 Å². The number of nitrogens with zero attached hydrogens (tertiary/aromatic N) is 1. The molecule has 0 radical (unpaired) electrons. The SMILES string of the molecule is O=c1ccc(F)cn1Cc1ccc(F)cc1. The molecule has 0 fully saturated rings. The number of aromatic nitrogens is 1. The van der Waals surface area contributed by atoms with Crippen LogP contribution < -0.4 is 5.56 Å². The van der Waals surface area contributed by atoms with Gasteiger partial charge in [0.25, 0.3) is 5.56 Å². The van der Waals surface area contributed by atoms with Gasteiger partial charge < -0.3 is 4.57 Å². The van der Waals surface area contributed by atoms with E-state index in [9.17, 15) is 13.6 Å². The molecule has 4 heteroatoms. The molecular weight excluding hydrogens is 212 g/mol. The molecule has 0 unspecified atom stereocenters. The van der Waals surface area contributed by atoms with Gasteiger partial charge in [0.05, 0.1) is 6.54 Å². The van der Waals surface area contributed by atoms with Crippen LogP contribution in [0, 0.1) is 11.6 Å². The van der Waals surface area contributed by atoms with Gasteiger partial charge in [-0.05, 0) is 23.8 Å². The molecule has 0 N–H and O–H groups in total. The van der Waals surface area contributed by atoms with E-state index in [1.54, 1.807) is 12.1 Å². The molecular formula is C12H9F2NO. The van der Waals surface area contributed by atoms with Crippen LogP contribution in [0.2, 0.25) is 0 Å². The first-order valence-corrected chi connectivity index (χ1v) is 4.75. The Morgan fingerprint density at radius 2 is 1.56 bits per heavy atom. The van der Waals surface area contributed by atoms with Crippen LogP contribution in [-0.2, 0) is 6.54 Å². The van der Waals surface area contributed by atoms with Gasteiger partial charge in [0, 0.05) is 12.3 Å². The summed E-state index contributed by atoms with van der Waals surface area (Å²) in [5.41, 5.74) is 0.458. The number of hydrogen-bond acceptors (Lipinski definition) is 1. The van der Waals surface area contributed by atoms with Crippen LogP contribution in [0.15, 0.2) is 47.4 Å². The summed E-state index contributed by atoms with van der Waals surface area (Å²) in [4.78, 5) is 11.4. The molecule has 2 aromatic rings. The second kappa shape index (κ2) is 4.26. The first kappa shape index (κ1) is 10.5. The number of pyridine rings is 1. The third kappa shape index (κ3) is 2.34. The molecule has 1 aromatic carbocycles. The molecule has 0 saturated carbocycles. The van der Waals surface area contributed by atoms with Crippen LogP contribution in [0.5, 0.6) is 0 Å². The van der Waals surface area contributed by atoms with E-state index in [0.717, 1.165) is 17.8 Å². The van der Waals surface area contributed by atoms with Crippen molar-refractivity contribution in [2.24, 2.45) is 0 Å². The van der Waals surface area contributed by atoms with Crippen molar-refractivity contribution in [3.8, 4) is 0 Å². The van der Waals surface area contributed by atoms with Crippen molar-refractivity contribution in [1.29, 1.82) is 0 Å². The first-order chi connectivity index (χ1) is 7.65. The zero-order chi connectivity index (χ0) is 11.5. The molecule has 1 aromatic heterocycles. The molecule has 0 saturated heterocycles. The summed E-state index contributed by atoms with van der Waals surface area (Å²) in [6, 6.07) is 8.01. The summed E-state index contributed by atoms with van der Waals surface area (Å²) in [6.07, 6.45) is 1.13. The molecule has 0 spiro atoms. The van der Waals surface area contributed by atoms with Gasteiger partial charge in [-0.15, -0.1) is 0 Å². The highest BCUT2D eigenvalue weighted by atomic mass is 19.1. The van der Waals surface area contributed by atoms with Gasteiger partial charge in [-0.2, -0.15) is 0 Å². The third-order valence-corrected chi connectivity index (χ3v) is 2.21. The van der Waals surface area contributed by atoms with E-state index in [2.05, 4.69) is 0 Å². The predicted octanol–water partition coefficient (Wildman–Crippen LogP) is 2.17. The zero-order valence-corrected chi connectivity index (χ0v) is 8.36. The van der Waals surface area contributed by atoms with E-state index >= 15 is 0 Å². The Balaban J connectivity index is 2.30. The van der Waals surface area contributed by atoms with Crippen LogP contribution in [0.4, 0.5) is 8.78 Å². The minimum Gasteiger partial charge on any atom is -0.308 e. The molecule has 2 nitrogen and oxygen atoms in total. The van der Waals surface area contributed by atoms with Gasteiger partial charge in [0.15, 0.2) is 0 Å². The maximum absolute atomic E-state index is 12.9. The molecule has 0 amide bonds. The molecule has 0 bridgehead atoms. The van der Waals surface area contributed by atoms with Crippen molar-refractivity contribution in [3.05, 3.63) is 70.1 Å². The first-order valence-electron chi connectivity index (χ1n) is 4.75. The molecule has 0 atom stereocenters. The molecule has 16 heavy (non-hydrogen) atoms. The fourth-order valence-corrected chi connectivity index (χ4v) is 1.41.